The Morgan fingerprint density at radius 1 is 0.667 bits per heavy atom. The van der Waals surface area contributed by atoms with E-state index in [2.05, 4.69) is 13.8 Å². The molecule has 0 spiro atoms. The first-order valence-corrected chi connectivity index (χ1v) is 19.2. The Bertz CT molecular complexity index is 309. The summed E-state index contributed by atoms with van der Waals surface area (Å²) in [7, 11) is -0.741. The third-order valence-corrected chi connectivity index (χ3v) is 23.3. The number of unbranched alkanes of at least 4 members (excludes halogenated alkanes) is 10. The molecule has 0 heterocycles. The molecule has 0 atom stereocenters. The summed E-state index contributed by atoms with van der Waals surface area (Å²) in [5, 5.41) is 18.8. The summed E-state index contributed by atoms with van der Waals surface area (Å²) in [4.78, 5) is 22.9. The third kappa shape index (κ3) is 12.5. The number of carbonyl (C=O) groups is 2. The van der Waals surface area contributed by atoms with Gasteiger partial charge in [-0.25, -0.2) is 0 Å². The van der Waals surface area contributed by atoms with E-state index >= 15 is 0 Å². The summed E-state index contributed by atoms with van der Waals surface area (Å²) in [6.45, 7) is 4.39. The quantitative estimate of drug-likeness (QED) is 0.140. The second-order valence-electron chi connectivity index (χ2n) is 6.65. The van der Waals surface area contributed by atoms with Gasteiger partial charge in [0.05, 0.1) is 0 Å². The molecule has 0 bridgehead atoms. The van der Waals surface area contributed by atoms with Gasteiger partial charge in [0.2, 0.25) is 0 Å². The maximum absolute atomic E-state index is 11.5. The van der Waals surface area contributed by atoms with E-state index in [1.807, 2.05) is 0 Å². The Balaban J connectivity index is 4.28. The summed E-state index contributed by atoms with van der Waals surface area (Å²) in [5.41, 5.74) is 0. The second kappa shape index (κ2) is 16.6. The fourth-order valence-corrected chi connectivity index (χ4v) is 19.1. The molecule has 0 fully saturated rings. The topological polar surface area (TPSA) is 74.6 Å². The summed E-state index contributed by atoms with van der Waals surface area (Å²) >= 11 is -3.52. The Morgan fingerprint density at radius 2 is 1.00 bits per heavy atom. The molecular weight excluding hydrogens is 431 g/mol. The van der Waals surface area contributed by atoms with Gasteiger partial charge in [0.15, 0.2) is 0 Å². The van der Waals surface area contributed by atoms with Crippen LogP contribution in [0, 0.1) is 0 Å². The van der Waals surface area contributed by atoms with E-state index < -0.39 is 34.4 Å². The molecule has 0 rings (SSSR count). The molecule has 0 aliphatic heterocycles. The van der Waals surface area contributed by atoms with Gasteiger partial charge in [0, 0.05) is 0 Å². The van der Waals surface area contributed by atoms with Crippen molar-refractivity contribution >= 4 is 34.4 Å². The van der Waals surface area contributed by atoms with E-state index in [0.717, 1.165) is 37.2 Å². The fourth-order valence-electron chi connectivity index (χ4n) is 2.98. The van der Waals surface area contributed by atoms with Crippen LogP contribution in [0.4, 0.5) is 9.59 Å². The van der Waals surface area contributed by atoms with Gasteiger partial charge in [-0.3, -0.25) is 0 Å². The standard InChI is InChI=1S/C16H34S.2CHO2.Sn.H/c1-3-5-7-9-11-13-15-17-16-14-12-10-8-6-4-2;2*2-1-3;;/h3-16H2,1-2H3;2*(H,2,3);;/q;;;-1;/p+1. The van der Waals surface area contributed by atoms with Crippen molar-refractivity contribution in [1.29, 1.82) is 0 Å². The molecule has 0 aliphatic carbocycles. The average molecular weight is 469 g/mol. The van der Waals surface area contributed by atoms with Crippen molar-refractivity contribution in [3.63, 3.8) is 0 Å². The van der Waals surface area contributed by atoms with Gasteiger partial charge in [-0.15, -0.1) is 0 Å². The first-order valence-electron chi connectivity index (χ1n) is 9.74. The molecule has 0 saturated carbocycles. The van der Waals surface area contributed by atoms with Gasteiger partial charge in [0.1, 0.15) is 0 Å². The Hall–Kier alpha value is 0.0887. The van der Waals surface area contributed by atoms with Crippen LogP contribution in [0.15, 0.2) is 0 Å². The number of thiol groups is 1. The van der Waals surface area contributed by atoms with Crippen molar-refractivity contribution in [3.8, 4) is 0 Å². The van der Waals surface area contributed by atoms with E-state index in [9.17, 15) is 19.8 Å². The maximum atomic E-state index is 11.5. The average Bonchev–Trinajstić information content (AvgIpc) is 2.52. The number of carboxylic acid groups (broad SMARTS) is 2. The van der Waals surface area contributed by atoms with Crippen LogP contribution in [0.1, 0.15) is 90.9 Å². The molecule has 24 heavy (non-hydrogen) atoms. The van der Waals surface area contributed by atoms with Gasteiger partial charge in [-0.05, 0) is 0 Å². The molecule has 0 amide bonds. The predicted octanol–water partition coefficient (Wildman–Crippen LogP) is 5.95. The van der Waals surface area contributed by atoms with E-state index in [0.29, 0.717) is 0 Å². The summed E-state index contributed by atoms with van der Waals surface area (Å²) < 4.78 is -1.88. The first kappa shape index (κ1) is 24.1. The van der Waals surface area contributed by atoms with Crippen LogP contribution in [0.25, 0.3) is 0 Å². The van der Waals surface area contributed by atoms with Crippen molar-refractivity contribution in [1.82, 2.24) is 0 Å². The minimum absolute atomic E-state index is 0.741. The molecule has 0 unspecified atom stereocenters. The van der Waals surface area contributed by atoms with Gasteiger partial charge >= 0.3 is 157 Å². The molecule has 144 valence electrons. The molecule has 0 aromatic rings. The van der Waals surface area contributed by atoms with Crippen LogP contribution in [0.3, 0.4) is 0 Å². The van der Waals surface area contributed by atoms with Crippen molar-refractivity contribution < 1.29 is 19.8 Å². The number of rotatable bonds is 17. The predicted molar refractivity (Wildman–Crippen MR) is 109 cm³/mol. The van der Waals surface area contributed by atoms with Gasteiger partial charge in [-0.2, -0.15) is 0 Å². The van der Waals surface area contributed by atoms with Crippen LogP contribution >= 0.6 is 8.08 Å². The molecule has 0 aromatic heterocycles. The Labute approximate surface area is 156 Å². The number of hydrogen-bond acceptors (Lipinski definition) is 2. The van der Waals surface area contributed by atoms with Crippen LogP contribution in [-0.4, -0.2) is 48.1 Å². The first-order chi connectivity index (χ1) is 11.5. The van der Waals surface area contributed by atoms with Crippen molar-refractivity contribution in [2.45, 2.75) is 90.9 Å². The second-order valence-corrected chi connectivity index (χ2v) is 23.6. The van der Waals surface area contributed by atoms with Gasteiger partial charge in [0.25, 0.3) is 0 Å². The molecule has 0 aliphatic rings. The minimum atomic E-state index is -3.52. The van der Waals surface area contributed by atoms with E-state index in [4.69, 9.17) is 0 Å². The fraction of sp³-hybridized carbons (Fsp3) is 0.889. The Kier molecular flexibility index (Phi) is 16.6. The third-order valence-electron chi connectivity index (χ3n) is 4.43. The van der Waals surface area contributed by atoms with Crippen LogP contribution in [0.2, 0.25) is 0 Å². The zero-order valence-electron chi connectivity index (χ0n) is 15.6. The number of hydrogen-bond donors (Lipinski definition) is 3. The monoisotopic (exact) mass is 470 g/mol. The van der Waals surface area contributed by atoms with Crippen molar-refractivity contribution in [2.75, 3.05) is 11.5 Å². The molecular formula is C18H38O4SSn. The zero-order chi connectivity index (χ0) is 18.2. The summed E-state index contributed by atoms with van der Waals surface area (Å²) in [6.07, 6.45) is 14.2. The van der Waals surface area contributed by atoms with Crippen LogP contribution < -0.4 is 0 Å². The van der Waals surface area contributed by atoms with Gasteiger partial charge < -0.3 is 0 Å². The van der Waals surface area contributed by atoms with Crippen molar-refractivity contribution in [3.05, 3.63) is 0 Å². The summed E-state index contributed by atoms with van der Waals surface area (Å²) in [5.74, 6) is 1.77. The van der Waals surface area contributed by atoms with E-state index in [1.165, 1.54) is 51.4 Å². The van der Waals surface area contributed by atoms with Crippen LogP contribution in [-0.2, 0) is 0 Å². The van der Waals surface area contributed by atoms with Gasteiger partial charge in [-0.1, -0.05) is 0 Å². The molecule has 4 nitrogen and oxygen atoms in total. The molecule has 6 heteroatoms. The molecule has 0 aromatic carbocycles. The molecule has 0 radical (unpaired) electrons. The Morgan fingerprint density at radius 3 is 1.33 bits per heavy atom. The van der Waals surface area contributed by atoms with E-state index in [1.54, 1.807) is 0 Å². The molecule has 0 saturated heterocycles. The normalized spacial score (nSPS) is 11.7. The molecule has 2 N–H and O–H groups in total. The SMILES string of the molecule is CCCCCCCC[SH](CCCCCCCC)[SnH]([C](=O)O)[C](=O)O. The van der Waals surface area contributed by atoms with Crippen molar-refractivity contribution in [2.24, 2.45) is 0 Å². The summed E-state index contributed by atoms with van der Waals surface area (Å²) in [6, 6.07) is 0. The van der Waals surface area contributed by atoms with E-state index in [-0.39, 0.29) is 0 Å². The zero-order valence-corrected chi connectivity index (χ0v) is 19.8. The van der Waals surface area contributed by atoms with Crippen LogP contribution in [0.5, 0.6) is 0 Å².